The van der Waals surface area contributed by atoms with E-state index in [2.05, 4.69) is 16.0 Å². The fourth-order valence-electron chi connectivity index (χ4n) is 2.05. The Bertz CT molecular complexity index is 775. The average molecular weight is 357 g/mol. The Labute approximate surface area is 150 Å². The van der Waals surface area contributed by atoms with Gasteiger partial charge in [0.1, 0.15) is 0 Å². The van der Waals surface area contributed by atoms with Crippen molar-refractivity contribution in [2.75, 3.05) is 21.7 Å². The van der Waals surface area contributed by atoms with Gasteiger partial charge in [0.25, 0.3) is 0 Å². The van der Waals surface area contributed by atoms with Crippen LogP contribution in [0, 0.1) is 0 Å². The molecule has 0 saturated carbocycles. The summed E-state index contributed by atoms with van der Waals surface area (Å²) in [6.45, 7) is 2.89. The van der Waals surface area contributed by atoms with Crippen LogP contribution in [-0.4, -0.2) is 23.5 Å². The molecule has 7 heteroatoms. The summed E-state index contributed by atoms with van der Waals surface area (Å²) < 4.78 is 0. The van der Waals surface area contributed by atoms with Gasteiger partial charge in [-0.1, -0.05) is 6.07 Å². The van der Waals surface area contributed by atoms with Crippen LogP contribution in [0.25, 0.3) is 0 Å². The number of carbonyl (C=O) groups is 3. The van der Waals surface area contributed by atoms with E-state index in [-0.39, 0.29) is 23.5 Å². The first-order chi connectivity index (χ1) is 11.9. The van der Waals surface area contributed by atoms with E-state index in [0.717, 1.165) is 4.90 Å². The average Bonchev–Trinajstić information content (AvgIpc) is 2.54. The minimum Gasteiger partial charge on any atom is -0.326 e. The summed E-state index contributed by atoms with van der Waals surface area (Å²) in [7, 11) is 0. The van der Waals surface area contributed by atoms with Crippen LogP contribution >= 0.6 is 11.8 Å². The van der Waals surface area contributed by atoms with E-state index in [0.29, 0.717) is 17.1 Å². The van der Waals surface area contributed by atoms with Gasteiger partial charge in [-0.15, -0.1) is 11.8 Å². The molecule has 2 aromatic rings. The first-order valence-corrected chi connectivity index (χ1v) is 8.59. The quantitative estimate of drug-likeness (QED) is 0.692. The van der Waals surface area contributed by atoms with E-state index in [4.69, 9.17) is 0 Å². The van der Waals surface area contributed by atoms with Gasteiger partial charge in [0.15, 0.2) is 0 Å². The van der Waals surface area contributed by atoms with Crippen molar-refractivity contribution in [3.8, 4) is 0 Å². The molecule has 0 aliphatic rings. The molecule has 0 fully saturated rings. The van der Waals surface area contributed by atoms with Crippen molar-refractivity contribution in [2.24, 2.45) is 0 Å². The number of hydrogen-bond donors (Lipinski definition) is 3. The number of amides is 3. The molecule has 0 bridgehead atoms. The normalized spacial score (nSPS) is 10.0. The summed E-state index contributed by atoms with van der Waals surface area (Å²) in [4.78, 5) is 35.0. The van der Waals surface area contributed by atoms with Crippen molar-refractivity contribution in [3.63, 3.8) is 0 Å². The summed E-state index contributed by atoms with van der Waals surface area (Å²) in [6.07, 6.45) is 0. The van der Waals surface area contributed by atoms with Crippen LogP contribution in [-0.2, 0) is 14.4 Å². The standard InChI is InChI=1S/C18H19N3O3S/c1-12(22)19-14-6-8-15(9-7-14)21-18(24)11-25-17-5-3-4-16(10-17)20-13(2)23/h3-10H,11H2,1-2H3,(H,19,22)(H,20,23)(H,21,24). The topological polar surface area (TPSA) is 87.3 Å². The fourth-order valence-corrected chi connectivity index (χ4v) is 2.81. The Morgan fingerprint density at radius 2 is 1.36 bits per heavy atom. The van der Waals surface area contributed by atoms with Crippen molar-refractivity contribution < 1.29 is 14.4 Å². The van der Waals surface area contributed by atoms with Gasteiger partial charge in [-0.2, -0.15) is 0 Å². The predicted octanol–water partition coefficient (Wildman–Crippen LogP) is 3.33. The molecule has 3 amide bonds. The van der Waals surface area contributed by atoms with Crippen molar-refractivity contribution in [2.45, 2.75) is 18.7 Å². The fraction of sp³-hybridized carbons (Fsp3) is 0.167. The number of nitrogens with one attached hydrogen (secondary N) is 3. The third-order valence-electron chi connectivity index (χ3n) is 3.01. The summed E-state index contributed by atoms with van der Waals surface area (Å²) in [6, 6.07) is 14.2. The zero-order valence-electron chi connectivity index (χ0n) is 14.0. The Morgan fingerprint density at radius 1 is 0.800 bits per heavy atom. The van der Waals surface area contributed by atoms with Gasteiger partial charge < -0.3 is 16.0 Å². The van der Waals surface area contributed by atoms with E-state index in [1.165, 1.54) is 25.6 Å². The number of benzene rings is 2. The molecular weight excluding hydrogens is 338 g/mol. The third kappa shape index (κ3) is 6.68. The molecule has 0 radical (unpaired) electrons. The molecule has 0 aromatic heterocycles. The molecule has 25 heavy (non-hydrogen) atoms. The molecular formula is C18H19N3O3S. The van der Waals surface area contributed by atoms with Crippen LogP contribution < -0.4 is 16.0 Å². The number of anilines is 3. The van der Waals surface area contributed by atoms with E-state index in [1.54, 1.807) is 30.3 Å². The zero-order chi connectivity index (χ0) is 18.2. The van der Waals surface area contributed by atoms with E-state index < -0.39 is 0 Å². The monoisotopic (exact) mass is 357 g/mol. The van der Waals surface area contributed by atoms with Crippen molar-refractivity contribution >= 4 is 46.5 Å². The molecule has 0 aliphatic heterocycles. The molecule has 0 spiro atoms. The highest BCUT2D eigenvalue weighted by atomic mass is 32.2. The number of thioether (sulfide) groups is 1. The third-order valence-corrected chi connectivity index (χ3v) is 4.01. The Balaban J connectivity index is 1.86. The van der Waals surface area contributed by atoms with Crippen LogP contribution in [0.5, 0.6) is 0 Å². The van der Waals surface area contributed by atoms with Gasteiger partial charge in [0.05, 0.1) is 5.75 Å². The lowest BCUT2D eigenvalue weighted by atomic mass is 10.3. The molecule has 130 valence electrons. The molecule has 0 heterocycles. The second-order valence-electron chi connectivity index (χ2n) is 5.30. The van der Waals surface area contributed by atoms with Gasteiger partial charge in [0.2, 0.25) is 17.7 Å². The maximum atomic E-state index is 12.0. The lowest BCUT2D eigenvalue weighted by molar-refractivity contribution is -0.115. The molecule has 3 N–H and O–H groups in total. The van der Waals surface area contributed by atoms with Gasteiger partial charge in [-0.3, -0.25) is 14.4 Å². The highest BCUT2D eigenvalue weighted by Crippen LogP contribution is 2.22. The number of carbonyl (C=O) groups excluding carboxylic acids is 3. The summed E-state index contributed by atoms with van der Waals surface area (Å²) >= 11 is 1.38. The van der Waals surface area contributed by atoms with Crippen molar-refractivity contribution in [1.82, 2.24) is 0 Å². The van der Waals surface area contributed by atoms with Gasteiger partial charge >= 0.3 is 0 Å². The van der Waals surface area contributed by atoms with E-state index in [9.17, 15) is 14.4 Å². The lowest BCUT2D eigenvalue weighted by Crippen LogP contribution is -2.14. The van der Waals surface area contributed by atoms with Crippen LogP contribution in [0.4, 0.5) is 17.1 Å². The second-order valence-corrected chi connectivity index (χ2v) is 6.35. The van der Waals surface area contributed by atoms with Crippen LogP contribution in [0.1, 0.15) is 13.8 Å². The Kier molecular flexibility index (Phi) is 6.59. The predicted molar refractivity (Wildman–Crippen MR) is 101 cm³/mol. The van der Waals surface area contributed by atoms with Crippen molar-refractivity contribution in [3.05, 3.63) is 48.5 Å². The highest BCUT2D eigenvalue weighted by molar-refractivity contribution is 8.00. The minimum absolute atomic E-state index is 0.136. The smallest absolute Gasteiger partial charge is 0.234 e. The maximum Gasteiger partial charge on any atom is 0.234 e. The highest BCUT2D eigenvalue weighted by Gasteiger charge is 2.05. The second kappa shape index (κ2) is 8.89. The SMILES string of the molecule is CC(=O)Nc1ccc(NC(=O)CSc2cccc(NC(C)=O)c2)cc1. The zero-order valence-corrected chi connectivity index (χ0v) is 14.8. The molecule has 6 nitrogen and oxygen atoms in total. The molecule has 2 rings (SSSR count). The first-order valence-electron chi connectivity index (χ1n) is 7.60. The molecule has 0 saturated heterocycles. The summed E-state index contributed by atoms with van der Waals surface area (Å²) in [5.41, 5.74) is 2.04. The largest absolute Gasteiger partial charge is 0.326 e. The van der Waals surface area contributed by atoms with Gasteiger partial charge in [-0.05, 0) is 42.5 Å². The molecule has 0 unspecified atom stereocenters. The molecule has 2 aromatic carbocycles. The number of hydrogen-bond acceptors (Lipinski definition) is 4. The molecule has 0 atom stereocenters. The van der Waals surface area contributed by atoms with E-state index in [1.807, 2.05) is 18.2 Å². The Morgan fingerprint density at radius 3 is 1.96 bits per heavy atom. The summed E-state index contributed by atoms with van der Waals surface area (Å²) in [5, 5.41) is 8.17. The minimum atomic E-state index is -0.144. The van der Waals surface area contributed by atoms with Crippen LogP contribution in [0.15, 0.2) is 53.4 Å². The Hall–Kier alpha value is -2.80. The summed E-state index contributed by atoms with van der Waals surface area (Å²) in [5.74, 6) is -0.170. The van der Waals surface area contributed by atoms with E-state index >= 15 is 0 Å². The van der Waals surface area contributed by atoms with Crippen molar-refractivity contribution in [1.29, 1.82) is 0 Å². The van der Waals surface area contributed by atoms with Gasteiger partial charge in [0, 0.05) is 35.8 Å². The van der Waals surface area contributed by atoms with Crippen LogP contribution in [0.2, 0.25) is 0 Å². The molecule has 0 aliphatic carbocycles. The number of rotatable bonds is 6. The van der Waals surface area contributed by atoms with Gasteiger partial charge in [-0.25, -0.2) is 0 Å². The van der Waals surface area contributed by atoms with Crippen LogP contribution in [0.3, 0.4) is 0 Å². The maximum absolute atomic E-state index is 12.0. The first kappa shape index (κ1) is 18.5. The lowest BCUT2D eigenvalue weighted by Gasteiger charge is -2.08.